The number of carboxylic acids is 1. The number of hydrogen-bond donors (Lipinski definition) is 5. The molecule has 0 saturated heterocycles. The zero-order chi connectivity index (χ0) is 52.2. The molecule has 0 unspecified atom stereocenters. The number of hydrogen-bond acceptors (Lipinski definition) is 9. The van der Waals surface area contributed by atoms with Crippen molar-refractivity contribution in [2.24, 2.45) is 5.73 Å². The molecule has 0 aliphatic carbocycles. The highest BCUT2D eigenvalue weighted by Gasteiger charge is 1.99. The molecule has 0 fully saturated rings. The second-order valence-corrected chi connectivity index (χ2v) is 17.0. The first-order chi connectivity index (χ1) is 33.8. The molecular weight excluding hydrogens is 1010 g/mol. The predicted molar refractivity (Wildman–Crippen MR) is 304 cm³/mol. The van der Waals surface area contributed by atoms with Gasteiger partial charge in [0.25, 0.3) is 0 Å². The predicted octanol–water partition coefficient (Wildman–Crippen LogP) is 12.7. The highest BCUT2D eigenvalue weighted by Crippen LogP contribution is 2.09. The van der Waals surface area contributed by atoms with Gasteiger partial charge in [-0.15, -0.1) is 0 Å². The third-order valence-corrected chi connectivity index (χ3v) is 10.5. The molecular formula is C60H84INO9. The van der Waals surface area contributed by atoms with Crippen molar-refractivity contribution >= 4 is 34.6 Å². The summed E-state index contributed by atoms with van der Waals surface area (Å²) in [5.74, 6) is -0.878. The van der Waals surface area contributed by atoms with Crippen molar-refractivity contribution < 1.29 is 44.8 Å². The average molecular weight is 1090 g/mol. The topological polar surface area (TPSA) is 161 Å². The van der Waals surface area contributed by atoms with E-state index >= 15 is 0 Å². The first kappa shape index (κ1) is 68.0. The largest absolute Gasteiger partial charge is 0.478 e. The van der Waals surface area contributed by atoms with Crippen LogP contribution >= 0.6 is 22.6 Å². The molecule has 11 heteroatoms. The summed E-state index contributed by atoms with van der Waals surface area (Å²) in [5.41, 5.74) is 18.6. The van der Waals surface area contributed by atoms with Crippen LogP contribution in [-0.4, -0.2) is 80.7 Å². The standard InChI is InChI=1S/C11H16O2.C11H14O2.C10H15N.C10H14O.C9H12O.C7H5IO2.CH4O.CH4/c2*1-10-5-7-11(8-6-10)4-3-9-13-12-2;2*1-9-4-6-10(7-5-9)3-2-8-11;1-8-2-4-9(5-3-8)6-7-10;8-6-3-1-5(2-4-6)7(9)10;1-2;/h5-8H,3-4,9H2,1-2H3;3-8H,9H2,1-2H3;4-7H,2-3,8,11H2,1H3;4-7,11H,2-3,8H2,1H3;2-5,10H,6-7H2,1H3;1-4H,(H,9,10);2H,1H3;1H4/b;4-3+;;;;;;. The van der Waals surface area contributed by atoms with Crippen molar-refractivity contribution in [1.29, 1.82) is 0 Å². The van der Waals surface area contributed by atoms with Gasteiger partial charge in [-0.1, -0.05) is 169 Å². The fraction of sp³-hybridized carbons (Fsp3) is 0.350. The summed E-state index contributed by atoms with van der Waals surface area (Å²) < 4.78 is 1.04. The van der Waals surface area contributed by atoms with Crippen LogP contribution in [0, 0.1) is 38.2 Å². The number of nitrogens with two attached hydrogens (primary N) is 1. The molecule has 0 aliphatic rings. The van der Waals surface area contributed by atoms with Crippen LogP contribution < -0.4 is 5.73 Å². The van der Waals surface area contributed by atoms with Gasteiger partial charge in [-0.05, 0) is 161 Å². The molecule has 0 spiro atoms. The minimum atomic E-state index is -0.878. The van der Waals surface area contributed by atoms with Crippen molar-refractivity contribution in [3.8, 4) is 0 Å². The highest BCUT2D eigenvalue weighted by molar-refractivity contribution is 14.1. The van der Waals surface area contributed by atoms with Crippen molar-refractivity contribution in [1.82, 2.24) is 0 Å². The zero-order valence-electron chi connectivity index (χ0n) is 42.8. The Hall–Kier alpha value is -5.06. The third-order valence-electron chi connectivity index (χ3n) is 9.75. The molecule has 6 aromatic rings. The molecule has 6 aromatic carbocycles. The Morgan fingerprint density at radius 3 is 1.24 bits per heavy atom. The molecule has 10 nitrogen and oxygen atoms in total. The van der Waals surface area contributed by atoms with Gasteiger partial charge in [-0.2, -0.15) is 0 Å². The quantitative estimate of drug-likeness (QED) is 0.0243. The molecule has 6 N–H and O–H groups in total. The van der Waals surface area contributed by atoms with Crippen LogP contribution in [-0.2, 0) is 45.2 Å². The molecule has 0 bridgehead atoms. The molecule has 0 saturated carbocycles. The highest BCUT2D eigenvalue weighted by atomic mass is 127. The number of carbonyl (C=O) groups is 1. The van der Waals surface area contributed by atoms with E-state index in [0.29, 0.717) is 18.8 Å². The molecule has 0 amide bonds. The Balaban J connectivity index is 0. The summed E-state index contributed by atoms with van der Waals surface area (Å²) in [4.78, 5) is 28.7. The number of halogens is 1. The number of aromatic carboxylic acids is 1. The maximum absolute atomic E-state index is 10.3. The SMILES string of the molecule is C.CO.COOC/C=C/c1ccc(C)cc1.COOCCCc1ccc(C)cc1.Cc1ccc(CCCN)cc1.Cc1ccc(CCCO)cc1.Cc1ccc(CCO)cc1.O=C(O)c1ccc(I)cc1. The lowest BCUT2D eigenvalue weighted by Crippen LogP contribution is -2.00. The van der Waals surface area contributed by atoms with Crippen LogP contribution in [0.15, 0.2) is 152 Å². The van der Waals surface area contributed by atoms with Crippen LogP contribution in [0.5, 0.6) is 0 Å². The van der Waals surface area contributed by atoms with Gasteiger partial charge in [-0.25, -0.2) is 24.3 Å². The Morgan fingerprint density at radius 2 is 0.887 bits per heavy atom. The summed E-state index contributed by atoms with van der Waals surface area (Å²) in [5, 5.41) is 32.6. The smallest absolute Gasteiger partial charge is 0.335 e. The monoisotopic (exact) mass is 1090 g/mol. The third kappa shape index (κ3) is 38.3. The fourth-order valence-corrected chi connectivity index (χ4v) is 6.08. The second-order valence-electron chi connectivity index (χ2n) is 15.8. The van der Waals surface area contributed by atoms with Crippen LogP contribution in [0.3, 0.4) is 0 Å². The molecule has 0 atom stereocenters. The normalized spacial score (nSPS) is 9.76. The van der Waals surface area contributed by atoms with Crippen molar-refractivity contribution in [2.45, 2.75) is 87.0 Å². The van der Waals surface area contributed by atoms with Crippen LogP contribution in [0.25, 0.3) is 6.08 Å². The van der Waals surface area contributed by atoms with Gasteiger partial charge in [0.05, 0.1) is 26.4 Å². The van der Waals surface area contributed by atoms with Crippen LogP contribution in [0.2, 0.25) is 0 Å². The van der Waals surface area contributed by atoms with Gasteiger partial charge in [0.2, 0.25) is 0 Å². The van der Waals surface area contributed by atoms with E-state index in [1.165, 1.54) is 69.9 Å². The number of aliphatic hydroxyl groups excluding tert-OH is 3. The van der Waals surface area contributed by atoms with Crippen LogP contribution in [0.4, 0.5) is 0 Å². The fourth-order valence-electron chi connectivity index (χ4n) is 5.72. The minimum absolute atomic E-state index is 0. The summed E-state index contributed by atoms with van der Waals surface area (Å²) in [6.07, 6.45) is 10.8. The van der Waals surface area contributed by atoms with Gasteiger partial charge in [0, 0.05) is 23.9 Å². The number of aliphatic hydroxyl groups is 3. The molecule has 390 valence electrons. The lowest BCUT2D eigenvalue weighted by atomic mass is 10.1. The van der Waals surface area contributed by atoms with Gasteiger partial charge < -0.3 is 26.2 Å². The Kier molecular flexibility index (Phi) is 44.1. The molecule has 71 heavy (non-hydrogen) atoms. The Bertz CT molecular complexity index is 2100. The van der Waals surface area contributed by atoms with E-state index in [1.54, 1.807) is 24.3 Å². The zero-order valence-corrected chi connectivity index (χ0v) is 44.9. The maximum Gasteiger partial charge on any atom is 0.335 e. The summed E-state index contributed by atoms with van der Waals surface area (Å²) in [7, 11) is 4.03. The van der Waals surface area contributed by atoms with E-state index in [0.717, 1.165) is 62.2 Å². The van der Waals surface area contributed by atoms with E-state index in [9.17, 15) is 4.79 Å². The van der Waals surface area contributed by atoms with E-state index in [4.69, 9.17) is 35.9 Å². The van der Waals surface area contributed by atoms with Crippen molar-refractivity contribution in [2.75, 3.05) is 54.3 Å². The summed E-state index contributed by atoms with van der Waals surface area (Å²) >= 11 is 2.13. The second kappa shape index (κ2) is 46.0. The first-order valence-electron chi connectivity index (χ1n) is 23.5. The van der Waals surface area contributed by atoms with E-state index < -0.39 is 5.97 Å². The Labute approximate surface area is 440 Å². The lowest BCUT2D eigenvalue weighted by Gasteiger charge is -2.01. The molecule has 0 radical (unpaired) electrons. The van der Waals surface area contributed by atoms with Gasteiger partial charge >= 0.3 is 5.97 Å². The molecule has 0 aliphatic heterocycles. The Morgan fingerprint density at radius 1 is 0.521 bits per heavy atom. The minimum Gasteiger partial charge on any atom is -0.478 e. The van der Waals surface area contributed by atoms with E-state index in [1.807, 2.05) is 24.3 Å². The van der Waals surface area contributed by atoms with Gasteiger partial charge in [0.1, 0.15) is 6.61 Å². The lowest BCUT2D eigenvalue weighted by molar-refractivity contribution is -0.272. The van der Waals surface area contributed by atoms with Crippen molar-refractivity contribution in [3.63, 3.8) is 0 Å². The maximum atomic E-state index is 10.3. The number of aryl methyl sites for hydroxylation is 8. The number of rotatable bonds is 18. The molecule has 6 rings (SSSR count). The average Bonchev–Trinajstić information content (AvgIpc) is 3.37. The molecule has 0 aromatic heterocycles. The van der Waals surface area contributed by atoms with E-state index in [2.05, 4.69) is 176 Å². The molecule has 0 heterocycles. The first-order valence-corrected chi connectivity index (χ1v) is 24.5. The summed E-state index contributed by atoms with van der Waals surface area (Å²) in [6, 6.07) is 48.9. The van der Waals surface area contributed by atoms with Crippen molar-refractivity contribution in [3.05, 3.63) is 216 Å². The summed E-state index contributed by atoms with van der Waals surface area (Å²) in [6.45, 7) is 12.9. The van der Waals surface area contributed by atoms with Gasteiger partial charge in [-0.3, -0.25) is 0 Å². The number of benzene rings is 6. The van der Waals surface area contributed by atoms with E-state index in [-0.39, 0.29) is 20.6 Å². The number of carboxylic acid groups (broad SMARTS) is 1. The van der Waals surface area contributed by atoms with Gasteiger partial charge in [0.15, 0.2) is 0 Å². The van der Waals surface area contributed by atoms with Crippen LogP contribution in [0.1, 0.15) is 92.7 Å².